The highest BCUT2D eigenvalue weighted by atomic mass is 16.5. The molecule has 0 aliphatic carbocycles. The SMILES string of the molecule is COC(C)(C)CCC(O)c1c(C)oc2ccccc12. The van der Waals surface area contributed by atoms with Gasteiger partial charge in [-0.05, 0) is 39.7 Å². The van der Waals surface area contributed by atoms with Gasteiger partial charge in [0.25, 0.3) is 0 Å². The summed E-state index contributed by atoms with van der Waals surface area (Å²) in [6, 6.07) is 7.82. The van der Waals surface area contributed by atoms with E-state index in [4.69, 9.17) is 9.15 Å². The van der Waals surface area contributed by atoms with E-state index < -0.39 is 6.10 Å². The van der Waals surface area contributed by atoms with Gasteiger partial charge in [-0.3, -0.25) is 0 Å². The lowest BCUT2D eigenvalue weighted by atomic mass is 9.95. The molecule has 1 aromatic carbocycles. The Bertz CT molecular complexity index is 554. The summed E-state index contributed by atoms with van der Waals surface area (Å²) in [5.41, 5.74) is 1.52. The van der Waals surface area contributed by atoms with Crippen molar-refractivity contribution in [2.24, 2.45) is 0 Å². The lowest BCUT2D eigenvalue weighted by Crippen LogP contribution is -2.23. The van der Waals surface area contributed by atoms with E-state index in [1.807, 2.05) is 45.0 Å². The number of fused-ring (bicyclic) bond motifs is 1. The highest BCUT2D eigenvalue weighted by Gasteiger charge is 2.22. The van der Waals surface area contributed by atoms with E-state index in [2.05, 4.69) is 0 Å². The predicted molar refractivity (Wildman–Crippen MR) is 76.2 cm³/mol. The molecule has 0 aliphatic heterocycles. The number of aryl methyl sites for hydroxylation is 1. The summed E-state index contributed by atoms with van der Waals surface area (Å²) in [4.78, 5) is 0. The Kier molecular flexibility index (Phi) is 3.97. The third-order valence-electron chi connectivity index (χ3n) is 3.73. The van der Waals surface area contributed by atoms with Gasteiger partial charge in [-0.1, -0.05) is 18.2 Å². The van der Waals surface area contributed by atoms with E-state index in [0.29, 0.717) is 6.42 Å². The number of hydrogen-bond acceptors (Lipinski definition) is 3. The van der Waals surface area contributed by atoms with Crippen molar-refractivity contribution in [3.63, 3.8) is 0 Å². The monoisotopic (exact) mass is 262 g/mol. The van der Waals surface area contributed by atoms with Gasteiger partial charge in [-0.15, -0.1) is 0 Å². The number of ether oxygens (including phenoxy) is 1. The number of rotatable bonds is 5. The zero-order valence-corrected chi connectivity index (χ0v) is 12.1. The standard InChI is InChI=1S/C16H22O3/c1-11-15(12-7-5-6-8-14(12)19-11)13(17)9-10-16(2,3)18-4/h5-8,13,17H,9-10H2,1-4H3. The molecule has 1 N–H and O–H groups in total. The van der Waals surface area contributed by atoms with E-state index in [1.165, 1.54) is 0 Å². The third-order valence-corrected chi connectivity index (χ3v) is 3.73. The van der Waals surface area contributed by atoms with Gasteiger partial charge in [0.2, 0.25) is 0 Å². The van der Waals surface area contributed by atoms with Crippen LogP contribution in [-0.4, -0.2) is 17.8 Å². The van der Waals surface area contributed by atoms with Crippen LogP contribution in [0.15, 0.2) is 28.7 Å². The molecule has 2 rings (SSSR count). The summed E-state index contributed by atoms with van der Waals surface area (Å²) in [5, 5.41) is 11.4. The number of aliphatic hydroxyl groups excluding tert-OH is 1. The molecule has 0 bridgehead atoms. The van der Waals surface area contributed by atoms with Gasteiger partial charge in [-0.25, -0.2) is 0 Å². The van der Waals surface area contributed by atoms with Crippen LogP contribution in [0.3, 0.4) is 0 Å². The number of para-hydroxylation sites is 1. The van der Waals surface area contributed by atoms with Crippen molar-refractivity contribution in [2.75, 3.05) is 7.11 Å². The molecule has 1 heterocycles. The second-order valence-electron chi connectivity index (χ2n) is 5.59. The third kappa shape index (κ3) is 2.99. The van der Waals surface area contributed by atoms with Gasteiger partial charge in [0.05, 0.1) is 11.7 Å². The second kappa shape index (κ2) is 5.35. The maximum atomic E-state index is 10.4. The Labute approximate surface area is 114 Å². The fraction of sp³-hybridized carbons (Fsp3) is 0.500. The molecule has 3 heteroatoms. The average Bonchev–Trinajstić information content (AvgIpc) is 2.72. The van der Waals surface area contributed by atoms with Crippen LogP contribution in [0.5, 0.6) is 0 Å². The first-order valence-corrected chi connectivity index (χ1v) is 6.66. The molecule has 0 fully saturated rings. The lowest BCUT2D eigenvalue weighted by molar-refractivity contribution is 0.00277. The molecule has 0 saturated carbocycles. The van der Waals surface area contributed by atoms with Crippen molar-refractivity contribution in [2.45, 2.75) is 45.3 Å². The molecule has 3 nitrogen and oxygen atoms in total. The molecule has 19 heavy (non-hydrogen) atoms. The van der Waals surface area contributed by atoms with Crippen LogP contribution in [0, 0.1) is 6.92 Å². The molecule has 0 spiro atoms. The maximum Gasteiger partial charge on any atom is 0.134 e. The number of aliphatic hydroxyl groups is 1. The molecule has 1 aromatic heterocycles. The molecule has 1 unspecified atom stereocenters. The summed E-state index contributed by atoms with van der Waals surface area (Å²) < 4.78 is 11.1. The summed E-state index contributed by atoms with van der Waals surface area (Å²) in [6.07, 6.45) is 0.938. The maximum absolute atomic E-state index is 10.4. The molecule has 0 amide bonds. The van der Waals surface area contributed by atoms with E-state index in [1.54, 1.807) is 7.11 Å². The van der Waals surface area contributed by atoms with Crippen molar-refractivity contribution in [3.8, 4) is 0 Å². The van der Waals surface area contributed by atoms with Crippen LogP contribution in [0.2, 0.25) is 0 Å². The van der Waals surface area contributed by atoms with Gasteiger partial charge < -0.3 is 14.3 Å². The molecule has 1 atom stereocenters. The normalized spacial score (nSPS) is 13.9. The summed E-state index contributed by atoms with van der Waals surface area (Å²) in [7, 11) is 1.70. The van der Waals surface area contributed by atoms with Crippen LogP contribution in [-0.2, 0) is 4.74 Å². The summed E-state index contributed by atoms with van der Waals surface area (Å²) in [5.74, 6) is 0.795. The summed E-state index contributed by atoms with van der Waals surface area (Å²) in [6.45, 7) is 5.96. The van der Waals surface area contributed by atoms with Crippen molar-refractivity contribution < 1.29 is 14.3 Å². The smallest absolute Gasteiger partial charge is 0.134 e. The predicted octanol–water partition coefficient (Wildman–Crippen LogP) is 3.98. The lowest BCUT2D eigenvalue weighted by Gasteiger charge is -2.24. The molecule has 104 valence electrons. The first kappa shape index (κ1) is 14.1. The highest BCUT2D eigenvalue weighted by Crippen LogP contribution is 2.33. The average molecular weight is 262 g/mol. The Morgan fingerprint density at radius 1 is 1.32 bits per heavy atom. The molecule has 2 aromatic rings. The topological polar surface area (TPSA) is 42.6 Å². The van der Waals surface area contributed by atoms with Crippen molar-refractivity contribution in [1.82, 2.24) is 0 Å². The minimum Gasteiger partial charge on any atom is -0.461 e. The first-order valence-electron chi connectivity index (χ1n) is 6.66. The van der Waals surface area contributed by atoms with E-state index in [-0.39, 0.29) is 5.60 Å². The quantitative estimate of drug-likeness (QED) is 0.886. The molecule has 0 aliphatic rings. The second-order valence-corrected chi connectivity index (χ2v) is 5.59. The van der Waals surface area contributed by atoms with E-state index in [0.717, 1.165) is 28.7 Å². The van der Waals surface area contributed by atoms with Gasteiger partial charge in [0.1, 0.15) is 11.3 Å². The largest absolute Gasteiger partial charge is 0.461 e. The van der Waals surface area contributed by atoms with Gasteiger partial charge >= 0.3 is 0 Å². The molecule has 0 radical (unpaired) electrons. The Morgan fingerprint density at radius 2 is 2.00 bits per heavy atom. The van der Waals surface area contributed by atoms with Gasteiger partial charge in [-0.2, -0.15) is 0 Å². The zero-order valence-electron chi connectivity index (χ0n) is 12.1. The van der Waals surface area contributed by atoms with Gasteiger partial charge in [0.15, 0.2) is 0 Å². The molecular weight excluding hydrogens is 240 g/mol. The van der Waals surface area contributed by atoms with Gasteiger partial charge in [0, 0.05) is 18.1 Å². The zero-order chi connectivity index (χ0) is 14.0. The molecule has 0 saturated heterocycles. The number of methoxy groups -OCH3 is 1. The molecular formula is C16H22O3. The van der Waals surface area contributed by atoms with Crippen molar-refractivity contribution in [1.29, 1.82) is 0 Å². The highest BCUT2D eigenvalue weighted by molar-refractivity contribution is 5.82. The van der Waals surface area contributed by atoms with Crippen molar-refractivity contribution in [3.05, 3.63) is 35.6 Å². The first-order chi connectivity index (χ1) is 8.94. The number of benzene rings is 1. The van der Waals surface area contributed by atoms with Crippen molar-refractivity contribution >= 4 is 11.0 Å². The van der Waals surface area contributed by atoms with E-state index >= 15 is 0 Å². The fourth-order valence-electron chi connectivity index (χ4n) is 2.33. The summed E-state index contributed by atoms with van der Waals surface area (Å²) >= 11 is 0. The number of furan rings is 1. The van der Waals surface area contributed by atoms with Crippen LogP contribution < -0.4 is 0 Å². The Morgan fingerprint density at radius 3 is 2.68 bits per heavy atom. The fourth-order valence-corrected chi connectivity index (χ4v) is 2.33. The minimum atomic E-state index is -0.516. The Balaban J connectivity index is 2.22. The van der Waals surface area contributed by atoms with Crippen LogP contribution in [0.4, 0.5) is 0 Å². The minimum absolute atomic E-state index is 0.214. The van der Waals surface area contributed by atoms with E-state index in [9.17, 15) is 5.11 Å². The number of hydrogen-bond donors (Lipinski definition) is 1. The van der Waals surface area contributed by atoms with Crippen LogP contribution in [0.25, 0.3) is 11.0 Å². The van der Waals surface area contributed by atoms with Crippen LogP contribution >= 0.6 is 0 Å². The Hall–Kier alpha value is -1.32. The van der Waals surface area contributed by atoms with Crippen LogP contribution in [0.1, 0.15) is 44.1 Å².